The summed E-state index contributed by atoms with van der Waals surface area (Å²) >= 11 is 0. The molecule has 1 atom stereocenters. The van der Waals surface area contributed by atoms with Crippen LogP contribution in [-0.2, 0) is 27.1 Å². The first-order valence-electron chi connectivity index (χ1n) is 7.71. The molecule has 0 saturated heterocycles. The van der Waals surface area contributed by atoms with Crippen LogP contribution < -0.4 is 10.0 Å². The molecule has 0 radical (unpaired) electrons. The Bertz CT molecular complexity index is 740. The Labute approximate surface area is 142 Å². The van der Waals surface area contributed by atoms with Crippen LogP contribution in [0, 0.1) is 5.92 Å². The fraction of sp³-hybridized carbons (Fsp3) is 0.353. The molecule has 0 fully saturated rings. The normalized spacial score (nSPS) is 13.0. The van der Waals surface area contributed by atoms with Crippen LogP contribution in [0.15, 0.2) is 53.1 Å². The minimum atomic E-state index is -3.63. The molecule has 6 nitrogen and oxygen atoms in total. The molecule has 0 unspecified atom stereocenters. The minimum absolute atomic E-state index is 0.164. The first-order chi connectivity index (χ1) is 11.4. The number of rotatable bonds is 8. The number of hydrogen-bond donors (Lipinski definition) is 2. The van der Waals surface area contributed by atoms with Gasteiger partial charge in [-0.2, -0.15) is 0 Å². The maximum atomic E-state index is 12.3. The molecule has 1 heterocycles. The van der Waals surface area contributed by atoms with E-state index in [1.807, 2.05) is 6.07 Å². The van der Waals surface area contributed by atoms with Crippen LogP contribution in [0.2, 0.25) is 0 Å². The van der Waals surface area contributed by atoms with Gasteiger partial charge in [0.15, 0.2) is 0 Å². The van der Waals surface area contributed by atoms with Gasteiger partial charge in [0.25, 0.3) is 0 Å². The van der Waals surface area contributed by atoms with Crippen LogP contribution in [0.3, 0.4) is 0 Å². The Kier molecular flexibility index (Phi) is 6.16. The number of sulfonamides is 1. The van der Waals surface area contributed by atoms with Crippen LogP contribution >= 0.6 is 0 Å². The Balaban J connectivity index is 2.00. The SMILES string of the molecule is CC(C)[C@H](NS(=O)(=O)Cc1ccccc1)C(=O)NCc1ccco1. The summed E-state index contributed by atoms with van der Waals surface area (Å²) in [6.07, 6.45) is 1.52. The maximum Gasteiger partial charge on any atom is 0.238 e. The summed E-state index contributed by atoms with van der Waals surface area (Å²) in [6, 6.07) is 11.5. The number of furan rings is 1. The lowest BCUT2D eigenvalue weighted by Crippen LogP contribution is -2.49. The number of carbonyl (C=O) groups is 1. The molecule has 2 N–H and O–H groups in total. The average Bonchev–Trinajstić information content (AvgIpc) is 3.04. The molecule has 1 aromatic heterocycles. The summed E-state index contributed by atoms with van der Waals surface area (Å²) in [5.41, 5.74) is 0.670. The van der Waals surface area contributed by atoms with E-state index in [9.17, 15) is 13.2 Å². The van der Waals surface area contributed by atoms with Gasteiger partial charge in [-0.3, -0.25) is 4.79 Å². The van der Waals surface area contributed by atoms with Crippen LogP contribution in [0.25, 0.3) is 0 Å². The summed E-state index contributed by atoms with van der Waals surface area (Å²) in [4.78, 5) is 12.3. The molecule has 0 aliphatic heterocycles. The lowest BCUT2D eigenvalue weighted by Gasteiger charge is -2.21. The second-order valence-corrected chi connectivity index (χ2v) is 7.64. The zero-order chi connectivity index (χ0) is 17.6. The second-order valence-electron chi connectivity index (χ2n) is 5.88. The first kappa shape index (κ1) is 18.2. The molecule has 0 aliphatic carbocycles. The van der Waals surface area contributed by atoms with E-state index < -0.39 is 16.1 Å². The number of hydrogen-bond acceptors (Lipinski definition) is 4. The van der Waals surface area contributed by atoms with Crippen molar-refractivity contribution >= 4 is 15.9 Å². The van der Waals surface area contributed by atoms with Crippen LogP contribution in [0.1, 0.15) is 25.2 Å². The Morgan fingerprint density at radius 3 is 2.42 bits per heavy atom. The van der Waals surface area contributed by atoms with E-state index in [1.165, 1.54) is 6.26 Å². The lowest BCUT2D eigenvalue weighted by molar-refractivity contribution is -0.123. The molecule has 0 spiro atoms. The van der Waals surface area contributed by atoms with E-state index >= 15 is 0 Å². The van der Waals surface area contributed by atoms with E-state index in [-0.39, 0.29) is 24.1 Å². The van der Waals surface area contributed by atoms with Crippen molar-refractivity contribution in [3.63, 3.8) is 0 Å². The predicted octanol–water partition coefficient (Wildman–Crippen LogP) is 2.04. The topological polar surface area (TPSA) is 88.4 Å². The smallest absolute Gasteiger partial charge is 0.238 e. The fourth-order valence-corrected chi connectivity index (χ4v) is 3.70. The van der Waals surface area contributed by atoms with Crippen molar-refractivity contribution in [3.8, 4) is 0 Å². The fourth-order valence-electron chi connectivity index (χ4n) is 2.22. The van der Waals surface area contributed by atoms with E-state index in [0.29, 0.717) is 11.3 Å². The molecule has 24 heavy (non-hydrogen) atoms. The molecular formula is C17H22N2O4S. The number of amides is 1. The van der Waals surface area contributed by atoms with E-state index in [2.05, 4.69) is 10.0 Å². The third-order valence-electron chi connectivity index (χ3n) is 3.47. The van der Waals surface area contributed by atoms with Gasteiger partial charge < -0.3 is 9.73 Å². The highest BCUT2D eigenvalue weighted by Gasteiger charge is 2.27. The molecule has 0 aliphatic rings. The third-order valence-corrected chi connectivity index (χ3v) is 4.80. The summed E-state index contributed by atoms with van der Waals surface area (Å²) in [7, 11) is -3.63. The van der Waals surface area contributed by atoms with E-state index in [4.69, 9.17) is 4.42 Å². The van der Waals surface area contributed by atoms with Gasteiger partial charge in [-0.25, -0.2) is 13.1 Å². The van der Waals surface area contributed by atoms with Crippen molar-refractivity contribution in [1.82, 2.24) is 10.0 Å². The van der Waals surface area contributed by atoms with Crippen molar-refractivity contribution in [3.05, 3.63) is 60.1 Å². The number of benzene rings is 1. The third kappa shape index (κ3) is 5.50. The lowest BCUT2D eigenvalue weighted by atomic mass is 10.1. The Morgan fingerprint density at radius 1 is 1.12 bits per heavy atom. The second kappa shape index (κ2) is 8.12. The summed E-state index contributed by atoms with van der Waals surface area (Å²) in [6.45, 7) is 3.81. The Hall–Kier alpha value is -2.12. The van der Waals surface area contributed by atoms with Crippen molar-refractivity contribution in [2.24, 2.45) is 5.92 Å². The highest BCUT2D eigenvalue weighted by Crippen LogP contribution is 2.09. The number of carbonyl (C=O) groups excluding carboxylic acids is 1. The summed E-state index contributed by atoms with van der Waals surface area (Å²) < 4.78 is 32.3. The molecule has 2 rings (SSSR count). The van der Waals surface area contributed by atoms with Gasteiger partial charge in [-0.1, -0.05) is 44.2 Å². The van der Waals surface area contributed by atoms with Crippen LogP contribution in [0.4, 0.5) is 0 Å². The summed E-state index contributed by atoms with van der Waals surface area (Å²) in [5, 5.41) is 2.69. The predicted molar refractivity (Wildman–Crippen MR) is 91.4 cm³/mol. The highest BCUT2D eigenvalue weighted by atomic mass is 32.2. The van der Waals surface area contributed by atoms with Crippen molar-refractivity contribution in [2.75, 3.05) is 0 Å². The van der Waals surface area contributed by atoms with Gasteiger partial charge in [-0.05, 0) is 23.6 Å². The Morgan fingerprint density at radius 2 is 1.83 bits per heavy atom. The molecule has 7 heteroatoms. The minimum Gasteiger partial charge on any atom is -0.467 e. The largest absolute Gasteiger partial charge is 0.467 e. The van der Waals surface area contributed by atoms with Crippen LogP contribution in [-0.4, -0.2) is 20.4 Å². The maximum absolute atomic E-state index is 12.3. The van der Waals surface area contributed by atoms with Gasteiger partial charge in [0, 0.05) is 0 Å². The molecule has 1 amide bonds. The zero-order valence-electron chi connectivity index (χ0n) is 13.7. The van der Waals surface area contributed by atoms with Crippen molar-refractivity contribution in [1.29, 1.82) is 0 Å². The number of nitrogens with one attached hydrogen (secondary N) is 2. The van der Waals surface area contributed by atoms with E-state index in [0.717, 1.165) is 0 Å². The average molecular weight is 350 g/mol. The van der Waals surface area contributed by atoms with Gasteiger partial charge in [0.1, 0.15) is 11.8 Å². The van der Waals surface area contributed by atoms with Crippen LogP contribution in [0.5, 0.6) is 0 Å². The molecular weight excluding hydrogens is 328 g/mol. The highest BCUT2D eigenvalue weighted by molar-refractivity contribution is 7.88. The van der Waals surface area contributed by atoms with Gasteiger partial charge in [0.05, 0.1) is 18.6 Å². The monoisotopic (exact) mass is 350 g/mol. The van der Waals surface area contributed by atoms with E-state index in [1.54, 1.807) is 50.2 Å². The van der Waals surface area contributed by atoms with Gasteiger partial charge >= 0.3 is 0 Å². The van der Waals surface area contributed by atoms with Crippen molar-refractivity contribution < 1.29 is 17.6 Å². The quantitative estimate of drug-likeness (QED) is 0.762. The zero-order valence-corrected chi connectivity index (χ0v) is 14.5. The molecule has 0 saturated carbocycles. The first-order valence-corrected chi connectivity index (χ1v) is 9.36. The van der Waals surface area contributed by atoms with Crippen molar-refractivity contribution in [2.45, 2.75) is 32.2 Å². The standard InChI is InChI=1S/C17H22N2O4S/c1-13(2)16(17(20)18-11-15-9-6-10-23-15)19-24(21,22)12-14-7-4-3-5-8-14/h3-10,13,16,19H,11-12H2,1-2H3,(H,18,20)/t16-/m0/s1. The van der Waals surface area contributed by atoms with Gasteiger partial charge in [-0.15, -0.1) is 0 Å². The molecule has 1 aromatic carbocycles. The molecule has 130 valence electrons. The summed E-state index contributed by atoms with van der Waals surface area (Å²) in [5.74, 6) is -0.120. The molecule has 0 bridgehead atoms. The van der Waals surface area contributed by atoms with Gasteiger partial charge in [0.2, 0.25) is 15.9 Å². The molecule has 2 aromatic rings.